The Balaban J connectivity index is 1.89. The molecule has 0 saturated carbocycles. The predicted molar refractivity (Wildman–Crippen MR) is 78.3 cm³/mol. The highest BCUT2D eigenvalue weighted by atomic mass is 19.1. The van der Waals surface area contributed by atoms with E-state index >= 15 is 0 Å². The van der Waals surface area contributed by atoms with E-state index in [-0.39, 0.29) is 11.8 Å². The van der Waals surface area contributed by atoms with Gasteiger partial charge < -0.3 is 15.5 Å². The second-order valence-electron chi connectivity index (χ2n) is 5.19. The van der Waals surface area contributed by atoms with Crippen molar-refractivity contribution in [2.75, 3.05) is 31.5 Å². The molecule has 1 fully saturated rings. The van der Waals surface area contributed by atoms with Crippen molar-refractivity contribution in [2.24, 2.45) is 5.92 Å². The van der Waals surface area contributed by atoms with Crippen LogP contribution in [0.4, 0.5) is 14.9 Å². The summed E-state index contributed by atoms with van der Waals surface area (Å²) in [7, 11) is 0. The van der Waals surface area contributed by atoms with Crippen molar-refractivity contribution in [3.05, 3.63) is 30.1 Å². The molecule has 1 saturated heterocycles. The van der Waals surface area contributed by atoms with E-state index < -0.39 is 0 Å². The predicted octanol–water partition coefficient (Wildman–Crippen LogP) is 2.68. The summed E-state index contributed by atoms with van der Waals surface area (Å²) in [4.78, 5) is 14.0. The SMILES string of the molecule is CCN(CC1CCCNC1)C(=O)Nc1ccc(F)cc1. The third-order valence-electron chi connectivity index (χ3n) is 3.64. The Hall–Kier alpha value is -1.62. The monoisotopic (exact) mass is 279 g/mol. The van der Waals surface area contributed by atoms with Crippen LogP contribution < -0.4 is 10.6 Å². The number of halogens is 1. The lowest BCUT2D eigenvalue weighted by Crippen LogP contribution is -2.42. The summed E-state index contributed by atoms with van der Waals surface area (Å²) in [6, 6.07) is 5.71. The molecule has 1 unspecified atom stereocenters. The normalized spacial score (nSPS) is 18.6. The third-order valence-corrected chi connectivity index (χ3v) is 3.64. The number of benzene rings is 1. The Morgan fingerprint density at radius 2 is 2.20 bits per heavy atom. The van der Waals surface area contributed by atoms with Crippen LogP contribution in [0.25, 0.3) is 0 Å². The molecule has 2 N–H and O–H groups in total. The van der Waals surface area contributed by atoms with Crippen LogP contribution >= 0.6 is 0 Å². The zero-order chi connectivity index (χ0) is 14.4. The van der Waals surface area contributed by atoms with Gasteiger partial charge in [-0.2, -0.15) is 0 Å². The van der Waals surface area contributed by atoms with Gasteiger partial charge in [-0.3, -0.25) is 0 Å². The first-order valence-corrected chi connectivity index (χ1v) is 7.21. The average Bonchev–Trinajstić information content (AvgIpc) is 2.48. The summed E-state index contributed by atoms with van der Waals surface area (Å²) in [5, 5.41) is 6.17. The Morgan fingerprint density at radius 3 is 2.80 bits per heavy atom. The summed E-state index contributed by atoms with van der Waals surface area (Å²) < 4.78 is 12.8. The molecule has 4 nitrogen and oxygen atoms in total. The molecule has 0 aliphatic carbocycles. The van der Waals surface area contributed by atoms with Crippen molar-refractivity contribution in [1.29, 1.82) is 0 Å². The van der Waals surface area contributed by atoms with E-state index in [0.29, 0.717) is 18.2 Å². The lowest BCUT2D eigenvalue weighted by atomic mass is 9.99. The molecule has 0 bridgehead atoms. The number of carbonyl (C=O) groups is 1. The largest absolute Gasteiger partial charge is 0.324 e. The highest BCUT2D eigenvalue weighted by Crippen LogP contribution is 2.14. The number of urea groups is 1. The number of nitrogens with one attached hydrogen (secondary N) is 2. The zero-order valence-corrected chi connectivity index (χ0v) is 11.9. The third kappa shape index (κ3) is 4.20. The van der Waals surface area contributed by atoms with Gasteiger partial charge in [0.05, 0.1) is 0 Å². The number of hydrogen-bond acceptors (Lipinski definition) is 2. The second kappa shape index (κ2) is 7.24. The van der Waals surface area contributed by atoms with Crippen molar-refractivity contribution >= 4 is 11.7 Å². The smallest absolute Gasteiger partial charge is 0.321 e. The molecule has 1 aromatic rings. The molecular formula is C15H22FN3O. The Kier molecular flexibility index (Phi) is 5.35. The van der Waals surface area contributed by atoms with Crippen LogP contribution in [0.3, 0.4) is 0 Å². The van der Waals surface area contributed by atoms with Gasteiger partial charge in [0.2, 0.25) is 0 Å². The van der Waals surface area contributed by atoms with E-state index in [9.17, 15) is 9.18 Å². The highest BCUT2D eigenvalue weighted by molar-refractivity contribution is 5.89. The summed E-state index contributed by atoms with van der Waals surface area (Å²) >= 11 is 0. The van der Waals surface area contributed by atoms with E-state index in [1.807, 2.05) is 6.92 Å². The van der Waals surface area contributed by atoms with Crippen molar-refractivity contribution in [3.63, 3.8) is 0 Å². The van der Waals surface area contributed by atoms with Crippen LogP contribution in [0.15, 0.2) is 24.3 Å². The van der Waals surface area contributed by atoms with Gasteiger partial charge in [-0.15, -0.1) is 0 Å². The molecule has 0 spiro atoms. The van der Waals surface area contributed by atoms with Crippen LogP contribution in [0, 0.1) is 11.7 Å². The number of amides is 2. The van der Waals surface area contributed by atoms with Gasteiger partial charge in [0, 0.05) is 18.8 Å². The van der Waals surface area contributed by atoms with Gasteiger partial charge in [0.1, 0.15) is 5.82 Å². The first kappa shape index (κ1) is 14.8. The van der Waals surface area contributed by atoms with Gasteiger partial charge in [-0.25, -0.2) is 9.18 Å². The van der Waals surface area contributed by atoms with Crippen LogP contribution in [0.5, 0.6) is 0 Å². The van der Waals surface area contributed by atoms with Crippen LogP contribution in [-0.4, -0.2) is 37.1 Å². The highest BCUT2D eigenvalue weighted by Gasteiger charge is 2.19. The van der Waals surface area contributed by atoms with Crippen molar-refractivity contribution in [2.45, 2.75) is 19.8 Å². The number of rotatable bonds is 4. The van der Waals surface area contributed by atoms with Gasteiger partial charge in [0.25, 0.3) is 0 Å². The summed E-state index contributed by atoms with van der Waals surface area (Å²) in [5.74, 6) is 0.214. The van der Waals surface area contributed by atoms with Crippen molar-refractivity contribution in [3.8, 4) is 0 Å². The lowest BCUT2D eigenvalue weighted by Gasteiger charge is -2.29. The molecule has 1 heterocycles. The first-order chi connectivity index (χ1) is 9.69. The van der Waals surface area contributed by atoms with Gasteiger partial charge in [0.15, 0.2) is 0 Å². The topological polar surface area (TPSA) is 44.4 Å². The quantitative estimate of drug-likeness (QED) is 0.890. The minimum atomic E-state index is -0.302. The summed E-state index contributed by atoms with van der Waals surface area (Å²) in [6.45, 7) is 5.45. The Labute approximate surface area is 119 Å². The van der Waals surface area contributed by atoms with Gasteiger partial charge in [-0.05, 0) is 63.0 Å². The maximum atomic E-state index is 12.8. The lowest BCUT2D eigenvalue weighted by molar-refractivity contribution is 0.197. The number of anilines is 1. The Bertz CT molecular complexity index is 429. The molecule has 0 radical (unpaired) electrons. The first-order valence-electron chi connectivity index (χ1n) is 7.21. The maximum Gasteiger partial charge on any atom is 0.321 e. The molecule has 0 aromatic heterocycles. The molecule has 1 aromatic carbocycles. The fraction of sp³-hybridized carbons (Fsp3) is 0.533. The molecular weight excluding hydrogens is 257 g/mol. The van der Waals surface area contributed by atoms with Crippen LogP contribution in [-0.2, 0) is 0 Å². The zero-order valence-electron chi connectivity index (χ0n) is 11.9. The molecule has 5 heteroatoms. The van der Waals surface area contributed by atoms with Crippen LogP contribution in [0.1, 0.15) is 19.8 Å². The van der Waals surface area contributed by atoms with Crippen LogP contribution in [0.2, 0.25) is 0 Å². The van der Waals surface area contributed by atoms with Crippen molar-refractivity contribution in [1.82, 2.24) is 10.2 Å². The van der Waals surface area contributed by atoms with E-state index in [1.165, 1.54) is 18.6 Å². The fourth-order valence-electron chi connectivity index (χ4n) is 2.48. The van der Waals surface area contributed by atoms with Crippen molar-refractivity contribution < 1.29 is 9.18 Å². The number of nitrogens with zero attached hydrogens (tertiary/aromatic N) is 1. The molecule has 2 amide bonds. The minimum Gasteiger partial charge on any atom is -0.324 e. The van der Waals surface area contributed by atoms with E-state index in [1.54, 1.807) is 17.0 Å². The minimum absolute atomic E-state index is 0.121. The average molecular weight is 279 g/mol. The van der Waals surface area contributed by atoms with E-state index in [0.717, 1.165) is 26.1 Å². The molecule has 1 aliphatic heterocycles. The number of piperidine rings is 1. The number of carbonyl (C=O) groups excluding carboxylic acids is 1. The standard InChI is InChI=1S/C15H22FN3O/c1-2-19(11-12-4-3-9-17-10-12)15(20)18-14-7-5-13(16)6-8-14/h5-8,12,17H,2-4,9-11H2,1H3,(H,18,20). The maximum absolute atomic E-state index is 12.8. The molecule has 1 atom stereocenters. The van der Waals surface area contributed by atoms with E-state index in [2.05, 4.69) is 10.6 Å². The second-order valence-corrected chi connectivity index (χ2v) is 5.19. The Morgan fingerprint density at radius 1 is 1.45 bits per heavy atom. The van der Waals surface area contributed by atoms with E-state index in [4.69, 9.17) is 0 Å². The van der Waals surface area contributed by atoms with Gasteiger partial charge in [-0.1, -0.05) is 0 Å². The molecule has 110 valence electrons. The molecule has 1 aliphatic rings. The fourth-order valence-corrected chi connectivity index (χ4v) is 2.48. The molecule has 2 rings (SSSR count). The van der Waals surface area contributed by atoms with Gasteiger partial charge >= 0.3 is 6.03 Å². The molecule has 20 heavy (non-hydrogen) atoms. The summed E-state index contributed by atoms with van der Waals surface area (Å²) in [5.41, 5.74) is 0.622. The number of hydrogen-bond donors (Lipinski definition) is 2. The summed E-state index contributed by atoms with van der Waals surface area (Å²) in [6.07, 6.45) is 2.33.